The van der Waals surface area contributed by atoms with E-state index in [1.54, 1.807) is 6.92 Å². The Labute approximate surface area is 110 Å². The van der Waals surface area contributed by atoms with Gasteiger partial charge in [-0.1, -0.05) is 20.8 Å². The molecule has 1 rings (SSSR count). The Morgan fingerprint density at radius 1 is 1.28 bits per heavy atom. The van der Waals surface area contributed by atoms with Crippen molar-refractivity contribution in [3.8, 4) is 0 Å². The van der Waals surface area contributed by atoms with Crippen molar-refractivity contribution in [2.45, 2.75) is 45.3 Å². The summed E-state index contributed by atoms with van der Waals surface area (Å²) in [4.78, 5) is 11.3. The summed E-state index contributed by atoms with van der Waals surface area (Å²) >= 11 is 0. The lowest BCUT2D eigenvalue weighted by molar-refractivity contribution is -0.144. The van der Waals surface area contributed by atoms with Crippen molar-refractivity contribution < 1.29 is 17.9 Å². The molecule has 0 aromatic heterocycles. The van der Waals surface area contributed by atoms with Crippen molar-refractivity contribution in [3.63, 3.8) is 0 Å². The first kappa shape index (κ1) is 15.5. The number of carbonyl (C=O) groups is 1. The largest absolute Gasteiger partial charge is 0.469 e. The van der Waals surface area contributed by atoms with E-state index < -0.39 is 21.7 Å². The maximum atomic E-state index is 12.3. The minimum Gasteiger partial charge on any atom is -0.469 e. The van der Waals surface area contributed by atoms with E-state index in [2.05, 4.69) is 18.6 Å². The van der Waals surface area contributed by atoms with E-state index in [0.29, 0.717) is 11.8 Å². The van der Waals surface area contributed by atoms with Crippen LogP contribution in [0.25, 0.3) is 0 Å². The molecule has 0 N–H and O–H groups in total. The van der Waals surface area contributed by atoms with Crippen LogP contribution in [0, 0.1) is 17.8 Å². The number of sulfone groups is 1. The molecule has 0 aromatic rings. The Hall–Kier alpha value is -0.580. The summed E-state index contributed by atoms with van der Waals surface area (Å²) in [6.45, 7) is 5.89. The number of ether oxygens (including phenoxy) is 1. The Bertz CT molecular complexity index is 388. The van der Waals surface area contributed by atoms with Crippen molar-refractivity contribution in [2.75, 3.05) is 12.9 Å². The summed E-state index contributed by atoms with van der Waals surface area (Å²) in [5.41, 5.74) is 0. The molecule has 4 atom stereocenters. The third-order valence-electron chi connectivity index (χ3n) is 4.14. The van der Waals surface area contributed by atoms with Crippen LogP contribution in [0.5, 0.6) is 0 Å². The predicted octanol–water partition coefficient (Wildman–Crippen LogP) is 2.03. The maximum absolute atomic E-state index is 12.3. The monoisotopic (exact) mass is 276 g/mol. The summed E-state index contributed by atoms with van der Waals surface area (Å²) in [5.74, 6) is -0.0854. The highest BCUT2D eigenvalue weighted by Crippen LogP contribution is 2.33. The molecule has 1 fully saturated rings. The van der Waals surface area contributed by atoms with Crippen LogP contribution in [0.3, 0.4) is 0 Å². The van der Waals surface area contributed by atoms with Crippen LogP contribution in [0.15, 0.2) is 0 Å². The van der Waals surface area contributed by atoms with Gasteiger partial charge in [-0.2, -0.15) is 0 Å². The van der Waals surface area contributed by atoms with Gasteiger partial charge in [-0.15, -0.1) is 0 Å². The van der Waals surface area contributed by atoms with E-state index in [0.717, 1.165) is 19.3 Å². The molecule has 4 unspecified atom stereocenters. The fourth-order valence-corrected chi connectivity index (χ4v) is 4.78. The van der Waals surface area contributed by atoms with Crippen molar-refractivity contribution in [1.29, 1.82) is 0 Å². The van der Waals surface area contributed by atoms with Gasteiger partial charge in [0.25, 0.3) is 0 Å². The van der Waals surface area contributed by atoms with E-state index in [4.69, 9.17) is 0 Å². The van der Waals surface area contributed by atoms with E-state index in [9.17, 15) is 13.2 Å². The van der Waals surface area contributed by atoms with Crippen LogP contribution in [-0.2, 0) is 19.4 Å². The van der Waals surface area contributed by atoms with Gasteiger partial charge in [-0.3, -0.25) is 4.79 Å². The lowest BCUT2D eigenvalue weighted by Gasteiger charge is -2.32. The molecule has 0 amide bonds. The minimum absolute atomic E-state index is 0.0918. The molecule has 0 spiro atoms. The zero-order chi connectivity index (χ0) is 13.9. The molecule has 1 aliphatic rings. The number of esters is 1. The quantitative estimate of drug-likeness (QED) is 0.737. The summed E-state index contributed by atoms with van der Waals surface area (Å²) < 4.78 is 29.1. The third-order valence-corrected chi connectivity index (χ3v) is 6.55. The van der Waals surface area contributed by atoms with Gasteiger partial charge in [0.05, 0.1) is 24.0 Å². The van der Waals surface area contributed by atoms with Gasteiger partial charge in [-0.25, -0.2) is 8.42 Å². The van der Waals surface area contributed by atoms with Crippen molar-refractivity contribution in [2.24, 2.45) is 17.8 Å². The number of hydrogen-bond acceptors (Lipinski definition) is 4. The second-order valence-corrected chi connectivity index (χ2v) is 7.97. The Balaban J connectivity index is 2.67. The first-order valence-electron chi connectivity index (χ1n) is 6.57. The maximum Gasteiger partial charge on any atom is 0.309 e. The van der Waals surface area contributed by atoms with Crippen molar-refractivity contribution in [3.05, 3.63) is 0 Å². The molecular weight excluding hydrogens is 252 g/mol. The molecule has 4 nitrogen and oxygen atoms in total. The van der Waals surface area contributed by atoms with Gasteiger partial charge in [0.2, 0.25) is 0 Å². The summed E-state index contributed by atoms with van der Waals surface area (Å²) in [5, 5.41) is -0.282. The summed E-state index contributed by atoms with van der Waals surface area (Å²) in [6.07, 6.45) is 2.40. The first-order chi connectivity index (χ1) is 8.27. The van der Waals surface area contributed by atoms with Crippen LogP contribution in [-0.4, -0.2) is 32.5 Å². The Kier molecular flexibility index (Phi) is 5.20. The predicted molar refractivity (Wildman–Crippen MR) is 70.9 cm³/mol. The normalized spacial score (nSPS) is 30.8. The summed E-state index contributed by atoms with van der Waals surface area (Å²) in [7, 11) is -1.91. The zero-order valence-electron chi connectivity index (χ0n) is 11.7. The highest BCUT2D eigenvalue weighted by Gasteiger charge is 2.35. The van der Waals surface area contributed by atoms with Gasteiger partial charge in [0.1, 0.15) is 0 Å². The third kappa shape index (κ3) is 3.70. The first-order valence-corrected chi connectivity index (χ1v) is 8.28. The number of methoxy groups -OCH3 is 1. The highest BCUT2D eigenvalue weighted by atomic mass is 32.2. The van der Waals surface area contributed by atoms with Gasteiger partial charge in [0.15, 0.2) is 9.84 Å². The van der Waals surface area contributed by atoms with Crippen molar-refractivity contribution >= 4 is 15.8 Å². The number of rotatable bonds is 4. The van der Waals surface area contributed by atoms with Gasteiger partial charge < -0.3 is 4.74 Å². The molecule has 0 saturated heterocycles. The average Bonchev–Trinajstić information content (AvgIpc) is 2.30. The molecule has 0 bridgehead atoms. The zero-order valence-corrected chi connectivity index (χ0v) is 12.5. The van der Waals surface area contributed by atoms with Crippen LogP contribution in [0.2, 0.25) is 0 Å². The van der Waals surface area contributed by atoms with E-state index in [1.807, 2.05) is 0 Å². The van der Waals surface area contributed by atoms with Crippen LogP contribution in [0.1, 0.15) is 40.0 Å². The molecule has 0 aromatic carbocycles. The van der Waals surface area contributed by atoms with Crippen LogP contribution in [0.4, 0.5) is 0 Å². The molecule has 1 aliphatic carbocycles. The lowest BCUT2D eigenvalue weighted by Crippen LogP contribution is -2.35. The van der Waals surface area contributed by atoms with Crippen molar-refractivity contribution in [1.82, 2.24) is 0 Å². The Morgan fingerprint density at radius 3 is 2.39 bits per heavy atom. The SMILES string of the molecule is COC(=O)C(C)CS(=O)(=O)C1CCC(C)C(C)C1. The molecule has 106 valence electrons. The molecular formula is C13H24O4S. The molecule has 1 saturated carbocycles. The van der Waals surface area contributed by atoms with Gasteiger partial charge >= 0.3 is 5.97 Å². The van der Waals surface area contributed by atoms with Gasteiger partial charge in [-0.05, 0) is 31.1 Å². The fraction of sp³-hybridized carbons (Fsp3) is 0.923. The van der Waals surface area contributed by atoms with E-state index in [1.165, 1.54) is 7.11 Å². The fourth-order valence-electron chi connectivity index (χ4n) is 2.58. The molecule has 5 heteroatoms. The minimum atomic E-state index is -3.19. The molecule has 0 radical (unpaired) electrons. The van der Waals surface area contributed by atoms with Gasteiger partial charge in [0, 0.05) is 0 Å². The van der Waals surface area contributed by atoms with E-state index >= 15 is 0 Å². The Morgan fingerprint density at radius 2 is 1.89 bits per heavy atom. The molecule has 0 heterocycles. The number of hydrogen-bond donors (Lipinski definition) is 0. The summed E-state index contributed by atoms with van der Waals surface area (Å²) in [6, 6.07) is 0. The highest BCUT2D eigenvalue weighted by molar-refractivity contribution is 7.92. The lowest BCUT2D eigenvalue weighted by atomic mass is 9.81. The van der Waals surface area contributed by atoms with E-state index in [-0.39, 0.29) is 11.0 Å². The topological polar surface area (TPSA) is 60.4 Å². The number of carbonyl (C=O) groups excluding carboxylic acids is 1. The second-order valence-electron chi connectivity index (χ2n) is 5.64. The van der Waals surface area contributed by atoms with Crippen LogP contribution >= 0.6 is 0 Å². The second kappa shape index (κ2) is 6.04. The van der Waals surface area contributed by atoms with Crippen LogP contribution < -0.4 is 0 Å². The smallest absolute Gasteiger partial charge is 0.309 e. The molecule has 18 heavy (non-hydrogen) atoms. The average molecular weight is 276 g/mol. The molecule has 0 aliphatic heterocycles. The standard InChI is InChI=1S/C13H24O4S/c1-9-5-6-12(7-10(9)2)18(15,16)8-11(3)13(14)17-4/h9-12H,5-8H2,1-4H3.